The molecule has 2 nitrogen and oxygen atoms in total. The molecule has 0 heterocycles. The van der Waals surface area contributed by atoms with Crippen molar-refractivity contribution in [3.05, 3.63) is 29.3 Å². The van der Waals surface area contributed by atoms with Crippen LogP contribution in [-0.2, 0) is 5.41 Å². The molecular formula is C17H28O2. The largest absolute Gasteiger partial charge is 0.493 e. The van der Waals surface area contributed by atoms with Gasteiger partial charge in [-0.05, 0) is 36.0 Å². The Kier molecular flexibility index (Phi) is 5.86. The van der Waals surface area contributed by atoms with E-state index in [9.17, 15) is 5.11 Å². The van der Waals surface area contributed by atoms with Crippen LogP contribution in [0.5, 0.6) is 5.75 Å². The molecule has 0 aliphatic rings. The molecule has 19 heavy (non-hydrogen) atoms. The standard InChI is InChI=1S/C17H28O2/c1-6-8-11-19-16-10-9-13(17(3,4)5)12-14(16)15(18)7-2/h9-10,12,15,18H,6-8,11H2,1-5H3. The van der Waals surface area contributed by atoms with Crippen molar-refractivity contribution in [2.45, 2.75) is 65.4 Å². The lowest BCUT2D eigenvalue weighted by atomic mass is 9.85. The lowest BCUT2D eigenvalue weighted by Gasteiger charge is -2.23. The summed E-state index contributed by atoms with van der Waals surface area (Å²) in [5.74, 6) is 0.829. The fourth-order valence-corrected chi connectivity index (χ4v) is 1.95. The highest BCUT2D eigenvalue weighted by atomic mass is 16.5. The van der Waals surface area contributed by atoms with E-state index < -0.39 is 6.10 Å². The fourth-order valence-electron chi connectivity index (χ4n) is 1.95. The second-order valence-corrected chi connectivity index (χ2v) is 6.13. The Morgan fingerprint density at radius 1 is 1.21 bits per heavy atom. The Balaban J connectivity index is 3.03. The third-order valence-corrected chi connectivity index (χ3v) is 3.38. The first-order chi connectivity index (χ1) is 8.90. The molecule has 0 aliphatic carbocycles. The molecule has 0 amide bonds. The van der Waals surface area contributed by atoms with Gasteiger partial charge in [0.05, 0.1) is 12.7 Å². The summed E-state index contributed by atoms with van der Waals surface area (Å²) in [6, 6.07) is 6.20. The molecule has 1 unspecified atom stereocenters. The summed E-state index contributed by atoms with van der Waals surface area (Å²) in [4.78, 5) is 0. The molecule has 108 valence electrons. The highest BCUT2D eigenvalue weighted by Gasteiger charge is 2.18. The molecule has 0 spiro atoms. The number of ether oxygens (including phenoxy) is 1. The van der Waals surface area contributed by atoms with Gasteiger partial charge in [0.1, 0.15) is 5.75 Å². The van der Waals surface area contributed by atoms with Crippen molar-refractivity contribution >= 4 is 0 Å². The van der Waals surface area contributed by atoms with Crippen LogP contribution in [-0.4, -0.2) is 11.7 Å². The van der Waals surface area contributed by atoms with Gasteiger partial charge < -0.3 is 9.84 Å². The molecule has 1 atom stereocenters. The van der Waals surface area contributed by atoms with Crippen LogP contribution >= 0.6 is 0 Å². The van der Waals surface area contributed by atoms with Crippen LogP contribution in [0.25, 0.3) is 0 Å². The molecule has 1 aromatic rings. The van der Waals surface area contributed by atoms with Crippen LogP contribution in [0, 0.1) is 0 Å². The van der Waals surface area contributed by atoms with Gasteiger partial charge in [0.2, 0.25) is 0 Å². The predicted octanol–water partition coefficient (Wildman–Crippen LogP) is 4.61. The van der Waals surface area contributed by atoms with Crippen molar-refractivity contribution in [3.8, 4) is 5.75 Å². The first-order valence-corrected chi connectivity index (χ1v) is 7.35. The van der Waals surface area contributed by atoms with Crippen molar-refractivity contribution in [1.82, 2.24) is 0 Å². The van der Waals surface area contributed by atoms with Crippen LogP contribution in [0.3, 0.4) is 0 Å². The van der Waals surface area contributed by atoms with Crippen LogP contribution in [0.4, 0.5) is 0 Å². The van der Waals surface area contributed by atoms with Crippen molar-refractivity contribution < 1.29 is 9.84 Å². The van der Waals surface area contributed by atoms with E-state index >= 15 is 0 Å². The minimum Gasteiger partial charge on any atom is -0.493 e. The van der Waals surface area contributed by atoms with E-state index in [1.165, 1.54) is 5.56 Å². The summed E-state index contributed by atoms with van der Waals surface area (Å²) in [6.45, 7) is 11.4. The van der Waals surface area contributed by atoms with E-state index in [0.717, 1.165) is 30.8 Å². The molecule has 2 heteroatoms. The highest BCUT2D eigenvalue weighted by molar-refractivity contribution is 5.41. The maximum Gasteiger partial charge on any atom is 0.125 e. The van der Waals surface area contributed by atoms with Gasteiger partial charge in [-0.15, -0.1) is 0 Å². The smallest absolute Gasteiger partial charge is 0.125 e. The summed E-state index contributed by atoms with van der Waals surface area (Å²) < 4.78 is 5.81. The van der Waals surface area contributed by atoms with Gasteiger partial charge in [-0.2, -0.15) is 0 Å². The third kappa shape index (κ3) is 4.54. The SMILES string of the molecule is CCCCOc1ccc(C(C)(C)C)cc1C(O)CC. The zero-order valence-corrected chi connectivity index (χ0v) is 13.0. The first-order valence-electron chi connectivity index (χ1n) is 7.35. The topological polar surface area (TPSA) is 29.5 Å². The number of aliphatic hydroxyl groups is 1. The summed E-state index contributed by atoms with van der Waals surface area (Å²) in [7, 11) is 0. The van der Waals surface area contributed by atoms with Crippen molar-refractivity contribution in [1.29, 1.82) is 0 Å². The minimum atomic E-state index is -0.445. The van der Waals surface area contributed by atoms with Gasteiger partial charge >= 0.3 is 0 Å². The van der Waals surface area contributed by atoms with Gasteiger partial charge in [0.15, 0.2) is 0 Å². The van der Waals surface area contributed by atoms with E-state index in [1.54, 1.807) is 0 Å². The molecule has 1 N–H and O–H groups in total. The number of aliphatic hydroxyl groups excluding tert-OH is 1. The Labute approximate surface area is 117 Å². The maximum atomic E-state index is 10.2. The van der Waals surface area contributed by atoms with E-state index in [1.807, 2.05) is 13.0 Å². The summed E-state index contributed by atoms with van der Waals surface area (Å²) >= 11 is 0. The van der Waals surface area contributed by atoms with E-state index in [-0.39, 0.29) is 5.41 Å². The lowest BCUT2D eigenvalue weighted by Crippen LogP contribution is -2.13. The average molecular weight is 264 g/mol. The quantitative estimate of drug-likeness (QED) is 0.760. The van der Waals surface area contributed by atoms with Crippen molar-refractivity contribution in [2.24, 2.45) is 0 Å². The molecule has 0 aliphatic heterocycles. The summed E-state index contributed by atoms with van der Waals surface area (Å²) in [6.07, 6.45) is 2.42. The normalized spacial score (nSPS) is 13.4. The van der Waals surface area contributed by atoms with E-state index in [4.69, 9.17) is 4.74 Å². The molecule has 0 saturated heterocycles. The first kappa shape index (κ1) is 16.0. The number of benzene rings is 1. The van der Waals surface area contributed by atoms with E-state index in [2.05, 4.69) is 39.8 Å². The van der Waals surface area contributed by atoms with Gasteiger partial charge in [0.25, 0.3) is 0 Å². The summed E-state index contributed by atoms with van der Waals surface area (Å²) in [5.41, 5.74) is 2.24. The van der Waals surface area contributed by atoms with Gasteiger partial charge in [-0.3, -0.25) is 0 Å². The molecule has 0 saturated carbocycles. The van der Waals surface area contributed by atoms with Crippen molar-refractivity contribution in [2.75, 3.05) is 6.61 Å². The number of unbranched alkanes of at least 4 members (excludes halogenated alkanes) is 1. The zero-order chi connectivity index (χ0) is 14.5. The predicted molar refractivity (Wildman–Crippen MR) is 80.8 cm³/mol. The minimum absolute atomic E-state index is 0.0875. The van der Waals surface area contributed by atoms with Crippen LogP contribution in [0.2, 0.25) is 0 Å². The Morgan fingerprint density at radius 2 is 1.89 bits per heavy atom. The number of hydrogen-bond acceptors (Lipinski definition) is 2. The Hall–Kier alpha value is -1.02. The maximum absolute atomic E-state index is 10.2. The van der Waals surface area contributed by atoms with Crippen LogP contribution in [0.15, 0.2) is 18.2 Å². The summed E-state index contributed by atoms with van der Waals surface area (Å²) in [5, 5.41) is 10.2. The molecule has 1 aromatic carbocycles. The highest BCUT2D eigenvalue weighted by Crippen LogP contribution is 2.32. The van der Waals surface area contributed by atoms with E-state index in [0.29, 0.717) is 6.42 Å². The third-order valence-electron chi connectivity index (χ3n) is 3.38. The van der Waals surface area contributed by atoms with Crippen LogP contribution in [0.1, 0.15) is 71.1 Å². The second-order valence-electron chi connectivity index (χ2n) is 6.13. The Bertz CT molecular complexity index is 391. The molecule has 0 aromatic heterocycles. The number of rotatable bonds is 6. The average Bonchev–Trinajstić information content (AvgIpc) is 2.37. The lowest BCUT2D eigenvalue weighted by molar-refractivity contribution is 0.166. The van der Waals surface area contributed by atoms with Gasteiger partial charge in [0, 0.05) is 5.56 Å². The Morgan fingerprint density at radius 3 is 2.42 bits per heavy atom. The van der Waals surface area contributed by atoms with Crippen molar-refractivity contribution in [3.63, 3.8) is 0 Å². The molecule has 0 fully saturated rings. The number of hydrogen-bond donors (Lipinski definition) is 1. The second kappa shape index (κ2) is 6.95. The molecule has 0 radical (unpaired) electrons. The molecule has 0 bridgehead atoms. The van der Waals surface area contributed by atoms with Crippen LogP contribution < -0.4 is 4.74 Å². The fraction of sp³-hybridized carbons (Fsp3) is 0.647. The monoisotopic (exact) mass is 264 g/mol. The van der Waals surface area contributed by atoms with Gasteiger partial charge in [-0.1, -0.05) is 47.1 Å². The zero-order valence-electron chi connectivity index (χ0n) is 13.0. The van der Waals surface area contributed by atoms with Gasteiger partial charge in [-0.25, -0.2) is 0 Å². The molecule has 1 rings (SSSR count). The molecular weight excluding hydrogens is 236 g/mol.